The van der Waals surface area contributed by atoms with Crippen molar-refractivity contribution < 1.29 is 0 Å². The fourth-order valence-electron chi connectivity index (χ4n) is 3.07. The van der Waals surface area contributed by atoms with E-state index in [-0.39, 0.29) is 0 Å². The van der Waals surface area contributed by atoms with Gasteiger partial charge in [0.2, 0.25) is 0 Å². The van der Waals surface area contributed by atoms with E-state index < -0.39 is 0 Å². The van der Waals surface area contributed by atoms with Gasteiger partial charge in [-0.05, 0) is 12.8 Å². The predicted octanol–water partition coefficient (Wildman–Crippen LogP) is 7.39. The summed E-state index contributed by atoms with van der Waals surface area (Å²) in [6, 6.07) is 0. The molecular weight excluding hydrogens is 341 g/mol. The Balaban J connectivity index is 1.69. The summed E-state index contributed by atoms with van der Waals surface area (Å²) in [6.45, 7) is 0. The van der Waals surface area contributed by atoms with Crippen LogP contribution in [0.25, 0.3) is 0 Å². The quantitative estimate of drug-likeness (QED) is 0.442. The van der Waals surface area contributed by atoms with Crippen LogP contribution < -0.4 is 0 Å². The molecule has 1 aliphatic heterocycles. The number of fused-ring (bicyclic) bond motifs is 2. The van der Waals surface area contributed by atoms with Crippen molar-refractivity contribution in [2.24, 2.45) is 0 Å². The number of hydrogen-bond acceptors (Lipinski definition) is 5. The number of thioether (sulfide) groups is 2. The third-order valence-electron chi connectivity index (χ3n) is 4.18. The summed E-state index contributed by atoms with van der Waals surface area (Å²) in [5, 5.41) is 1.68. The van der Waals surface area contributed by atoms with Crippen molar-refractivity contribution in [2.75, 3.05) is 0 Å². The van der Waals surface area contributed by atoms with Crippen LogP contribution in [0.15, 0.2) is 8.42 Å². The van der Waals surface area contributed by atoms with Crippen LogP contribution in [-0.2, 0) is 0 Å². The minimum Gasteiger partial charge on any atom is -0.109 e. The summed E-state index contributed by atoms with van der Waals surface area (Å²) in [7, 11) is 0. The van der Waals surface area contributed by atoms with Gasteiger partial charge in [0.15, 0.2) is 0 Å². The molecule has 0 saturated heterocycles. The molecule has 0 amide bonds. The second kappa shape index (κ2) is 8.00. The van der Waals surface area contributed by atoms with Crippen molar-refractivity contribution >= 4 is 58.4 Å². The van der Waals surface area contributed by atoms with E-state index in [1.807, 2.05) is 22.7 Å². The first-order valence-corrected chi connectivity index (χ1v) is 11.6. The molecule has 3 rings (SSSR count). The molecule has 2 heterocycles. The zero-order valence-corrected chi connectivity index (χ0v) is 15.8. The molecule has 1 aromatic rings. The molecule has 2 atom stereocenters. The lowest BCUT2D eigenvalue weighted by Crippen LogP contribution is -2.22. The smallest absolute Gasteiger partial charge is 0.109 e. The van der Waals surface area contributed by atoms with Crippen LogP contribution in [0.3, 0.4) is 0 Å². The maximum atomic E-state index is 5.39. The SMILES string of the molecule is S=c1sc2c(s1)SC1CCCCCCCCCCC1S2. The van der Waals surface area contributed by atoms with Gasteiger partial charge in [-0.15, -0.1) is 46.2 Å². The van der Waals surface area contributed by atoms with Gasteiger partial charge < -0.3 is 0 Å². The third kappa shape index (κ3) is 4.25. The molecule has 112 valence electrons. The van der Waals surface area contributed by atoms with E-state index in [0.29, 0.717) is 0 Å². The van der Waals surface area contributed by atoms with E-state index >= 15 is 0 Å². The van der Waals surface area contributed by atoms with Crippen LogP contribution in [-0.4, -0.2) is 10.5 Å². The van der Waals surface area contributed by atoms with Crippen molar-refractivity contribution in [3.63, 3.8) is 0 Å². The highest BCUT2D eigenvalue weighted by atomic mass is 32.2. The Kier molecular flexibility index (Phi) is 6.34. The zero-order chi connectivity index (χ0) is 13.8. The average Bonchev–Trinajstić information content (AvgIpc) is 2.77. The van der Waals surface area contributed by atoms with E-state index in [1.54, 1.807) is 0 Å². The first-order chi connectivity index (χ1) is 9.83. The van der Waals surface area contributed by atoms with Gasteiger partial charge in [0, 0.05) is 10.5 Å². The highest BCUT2D eigenvalue weighted by molar-refractivity contribution is 8.09. The van der Waals surface area contributed by atoms with Crippen molar-refractivity contribution in [1.29, 1.82) is 0 Å². The summed E-state index contributed by atoms with van der Waals surface area (Å²) < 4.78 is 4.17. The van der Waals surface area contributed by atoms with E-state index in [1.165, 1.54) is 72.6 Å². The van der Waals surface area contributed by atoms with Gasteiger partial charge in [-0.2, -0.15) is 0 Å². The average molecular weight is 363 g/mol. The molecule has 0 spiro atoms. The second-order valence-corrected chi connectivity index (χ2v) is 12.0. The topological polar surface area (TPSA) is 0 Å². The van der Waals surface area contributed by atoms with E-state index in [2.05, 4.69) is 23.5 Å². The van der Waals surface area contributed by atoms with Crippen molar-refractivity contribution in [2.45, 2.75) is 83.1 Å². The molecule has 1 aliphatic carbocycles. The first kappa shape index (κ1) is 15.9. The lowest BCUT2D eigenvalue weighted by molar-refractivity contribution is 0.514. The number of hydrogen-bond donors (Lipinski definition) is 0. The summed E-state index contributed by atoms with van der Waals surface area (Å²) in [6.07, 6.45) is 14.4. The van der Waals surface area contributed by atoms with Crippen molar-refractivity contribution in [1.82, 2.24) is 0 Å². The van der Waals surface area contributed by atoms with Gasteiger partial charge in [-0.3, -0.25) is 0 Å². The van der Waals surface area contributed by atoms with E-state index in [0.717, 1.165) is 13.6 Å². The Morgan fingerprint density at radius 3 is 1.50 bits per heavy atom. The maximum absolute atomic E-state index is 5.39. The van der Waals surface area contributed by atoms with Crippen LogP contribution in [0.5, 0.6) is 0 Å². The summed E-state index contributed by atoms with van der Waals surface area (Å²) in [4.78, 5) is 0. The zero-order valence-electron chi connectivity index (χ0n) is 11.8. The molecule has 2 unspecified atom stereocenters. The Labute approximate surface area is 144 Å². The van der Waals surface area contributed by atoms with Crippen molar-refractivity contribution in [3.8, 4) is 0 Å². The van der Waals surface area contributed by atoms with Gasteiger partial charge >= 0.3 is 0 Å². The van der Waals surface area contributed by atoms with Crippen LogP contribution in [0, 0.1) is 3.14 Å². The molecule has 1 aromatic heterocycles. The molecule has 1 saturated carbocycles. The highest BCUT2D eigenvalue weighted by Gasteiger charge is 2.31. The third-order valence-corrected chi connectivity index (χ3v) is 10.6. The van der Waals surface area contributed by atoms with Crippen LogP contribution >= 0.6 is 58.4 Å². The fourth-order valence-corrected chi connectivity index (χ4v) is 10.3. The normalized spacial score (nSPS) is 28.8. The summed E-state index contributed by atoms with van der Waals surface area (Å²) >= 11 is 13.4. The first-order valence-electron chi connectivity index (χ1n) is 7.80. The molecule has 1 fully saturated rings. The van der Waals surface area contributed by atoms with E-state index in [9.17, 15) is 0 Å². The van der Waals surface area contributed by atoms with Gasteiger partial charge in [-0.1, -0.05) is 63.6 Å². The van der Waals surface area contributed by atoms with Gasteiger partial charge in [-0.25, -0.2) is 0 Å². The minimum atomic E-state index is 0.840. The van der Waals surface area contributed by atoms with E-state index in [4.69, 9.17) is 12.2 Å². The van der Waals surface area contributed by atoms with Gasteiger partial charge in [0.05, 0.1) is 8.42 Å². The maximum Gasteiger partial charge on any atom is 0.145 e. The number of rotatable bonds is 0. The summed E-state index contributed by atoms with van der Waals surface area (Å²) in [5.41, 5.74) is 0. The molecule has 0 aromatic carbocycles. The second-order valence-electron chi connectivity index (χ2n) is 5.75. The van der Waals surface area contributed by atoms with Crippen molar-refractivity contribution in [3.05, 3.63) is 3.14 Å². The predicted molar refractivity (Wildman–Crippen MR) is 98.5 cm³/mol. The van der Waals surface area contributed by atoms with Crippen LogP contribution in [0.1, 0.15) is 64.2 Å². The van der Waals surface area contributed by atoms with Crippen LogP contribution in [0.2, 0.25) is 0 Å². The lowest BCUT2D eigenvalue weighted by atomic mass is 10.0. The molecule has 2 aliphatic rings. The largest absolute Gasteiger partial charge is 0.145 e. The van der Waals surface area contributed by atoms with Crippen LogP contribution in [0.4, 0.5) is 0 Å². The van der Waals surface area contributed by atoms with Gasteiger partial charge in [0.25, 0.3) is 0 Å². The molecule has 20 heavy (non-hydrogen) atoms. The molecule has 0 radical (unpaired) electrons. The Morgan fingerprint density at radius 1 is 0.650 bits per heavy atom. The monoisotopic (exact) mass is 362 g/mol. The Bertz CT molecular complexity index is 434. The molecule has 5 heteroatoms. The molecule has 0 bridgehead atoms. The Hall–Kier alpha value is 0.970. The standard InChI is InChI=1S/C15H22S5/c16-15-19-13-14(20-15)18-12-10-8-6-4-2-1-3-5-7-9-11(12)17-13/h11-12H,1-10H2. The highest BCUT2D eigenvalue weighted by Crippen LogP contribution is 2.53. The van der Waals surface area contributed by atoms with Gasteiger partial charge in [0.1, 0.15) is 3.14 Å². The fraction of sp³-hybridized carbons (Fsp3) is 0.800. The minimum absolute atomic E-state index is 0.840. The Morgan fingerprint density at radius 2 is 1.05 bits per heavy atom. The summed E-state index contributed by atoms with van der Waals surface area (Å²) in [5.74, 6) is 0. The lowest BCUT2D eigenvalue weighted by Gasteiger charge is -2.30. The molecule has 0 N–H and O–H groups in total. The molecular formula is C15H22S5. The molecule has 0 nitrogen and oxygen atoms in total.